The SMILES string of the molecule is CC.CNC(=O)C1CCN(C2CCN(CC(=O)O)CC2)CC1.FC(F)(F)c1cncc(NC2CCCOC2)n1. The van der Waals surface area contributed by atoms with E-state index in [0.29, 0.717) is 25.5 Å². The number of aromatic nitrogens is 2. The molecule has 0 radical (unpaired) electrons. The molecule has 222 valence electrons. The quantitative estimate of drug-likeness (QED) is 0.482. The van der Waals surface area contributed by atoms with Crippen LogP contribution in [-0.2, 0) is 20.5 Å². The summed E-state index contributed by atoms with van der Waals surface area (Å²) < 4.78 is 42.4. The first kappa shape index (κ1) is 32.7. The number of ether oxygens (including phenoxy) is 1. The predicted molar refractivity (Wildman–Crippen MR) is 141 cm³/mol. The number of nitrogens with zero attached hydrogens (tertiary/aromatic N) is 4. The molecule has 1 aromatic rings. The van der Waals surface area contributed by atoms with Gasteiger partial charge in [0, 0.05) is 38.7 Å². The van der Waals surface area contributed by atoms with E-state index in [1.807, 2.05) is 18.7 Å². The molecule has 3 N–H and O–H groups in total. The largest absolute Gasteiger partial charge is 0.480 e. The summed E-state index contributed by atoms with van der Waals surface area (Å²) in [6.45, 7) is 9.05. The fourth-order valence-corrected chi connectivity index (χ4v) is 5.00. The number of piperidine rings is 2. The number of alkyl halides is 3. The van der Waals surface area contributed by atoms with Gasteiger partial charge in [-0.05, 0) is 51.6 Å². The minimum atomic E-state index is -4.46. The van der Waals surface area contributed by atoms with E-state index in [4.69, 9.17) is 9.84 Å². The topological polar surface area (TPSA) is 120 Å². The second kappa shape index (κ2) is 16.6. The van der Waals surface area contributed by atoms with Crippen molar-refractivity contribution in [3.63, 3.8) is 0 Å². The normalized spacial score (nSPS) is 21.5. The standard InChI is InChI=1S/C14H25N3O3.C10H12F3N3O.C2H6/c1-15-14(20)11-2-8-17(9-3-11)12-4-6-16(7-5-12)10-13(18)19;11-10(12,13)8-4-14-5-9(16-8)15-7-2-1-3-17-6-7;1-2/h11-12H,2-10H2,1H3,(H,15,20)(H,18,19);4-5,7H,1-3,6H2,(H,15,16);1-2H3. The van der Waals surface area contributed by atoms with Crippen LogP contribution >= 0.6 is 0 Å². The van der Waals surface area contributed by atoms with Crippen LogP contribution in [0.25, 0.3) is 0 Å². The van der Waals surface area contributed by atoms with Crippen LogP contribution in [0.2, 0.25) is 0 Å². The van der Waals surface area contributed by atoms with Gasteiger partial charge in [-0.1, -0.05) is 13.8 Å². The number of carbonyl (C=O) groups is 2. The number of nitrogens with one attached hydrogen (secondary N) is 2. The summed E-state index contributed by atoms with van der Waals surface area (Å²) >= 11 is 0. The first-order chi connectivity index (χ1) is 18.7. The van der Waals surface area contributed by atoms with Crippen LogP contribution in [0, 0.1) is 5.92 Å². The fraction of sp³-hybridized carbons (Fsp3) is 0.769. The Labute approximate surface area is 228 Å². The lowest BCUT2D eigenvalue weighted by atomic mass is 9.93. The molecule has 39 heavy (non-hydrogen) atoms. The van der Waals surface area contributed by atoms with E-state index in [0.717, 1.165) is 64.7 Å². The number of amides is 1. The van der Waals surface area contributed by atoms with Gasteiger partial charge in [-0.2, -0.15) is 13.2 Å². The van der Waals surface area contributed by atoms with E-state index in [9.17, 15) is 22.8 Å². The monoisotopic (exact) mass is 560 g/mol. The molecule has 0 spiro atoms. The average molecular weight is 561 g/mol. The van der Waals surface area contributed by atoms with Gasteiger partial charge in [-0.25, -0.2) is 4.98 Å². The van der Waals surface area contributed by atoms with E-state index >= 15 is 0 Å². The Morgan fingerprint density at radius 3 is 2.28 bits per heavy atom. The number of halogens is 3. The van der Waals surface area contributed by atoms with Crippen molar-refractivity contribution < 1.29 is 32.6 Å². The maximum Gasteiger partial charge on any atom is 0.434 e. The van der Waals surface area contributed by atoms with Gasteiger partial charge in [0.1, 0.15) is 5.82 Å². The van der Waals surface area contributed by atoms with Crippen LogP contribution in [0.4, 0.5) is 19.0 Å². The van der Waals surface area contributed by atoms with Crippen molar-refractivity contribution in [2.45, 2.75) is 70.6 Å². The van der Waals surface area contributed by atoms with Crippen LogP contribution in [0.1, 0.15) is 58.1 Å². The number of carboxylic acids is 1. The molecular formula is C26H43F3N6O4. The summed E-state index contributed by atoms with van der Waals surface area (Å²) in [6, 6.07) is 0.562. The summed E-state index contributed by atoms with van der Waals surface area (Å²) in [5.74, 6) is -0.269. The third kappa shape index (κ3) is 11.2. The summed E-state index contributed by atoms with van der Waals surface area (Å²) in [4.78, 5) is 33.8. The Morgan fingerprint density at radius 1 is 1.08 bits per heavy atom. The van der Waals surface area contributed by atoms with Gasteiger partial charge in [0.05, 0.1) is 31.6 Å². The van der Waals surface area contributed by atoms with Gasteiger partial charge in [-0.3, -0.25) is 19.5 Å². The molecule has 4 heterocycles. The molecule has 0 saturated carbocycles. The molecule has 3 saturated heterocycles. The van der Waals surface area contributed by atoms with Gasteiger partial charge in [0.2, 0.25) is 5.91 Å². The number of hydrogen-bond donors (Lipinski definition) is 3. The summed E-state index contributed by atoms with van der Waals surface area (Å²) in [7, 11) is 1.70. The number of anilines is 1. The smallest absolute Gasteiger partial charge is 0.434 e. The van der Waals surface area contributed by atoms with E-state index in [-0.39, 0.29) is 30.2 Å². The minimum Gasteiger partial charge on any atom is -0.480 e. The molecule has 10 nitrogen and oxygen atoms in total. The number of aliphatic carboxylic acids is 1. The lowest BCUT2D eigenvalue weighted by Gasteiger charge is -2.41. The molecule has 3 fully saturated rings. The molecule has 0 bridgehead atoms. The molecule has 1 unspecified atom stereocenters. The highest BCUT2D eigenvalue weighted by Gasteiger charge is 2.33. The lowest BCUT2D eigenvalue weighted by Crippen LogP contribution is -2.49. The molecule has 0 aliphatic carbocycles. The second-order valence-corrected chi connectivity index (χ2v) is 9.67. The van der Waals surface area contributed by atoms with Crippen molar-refractivity contribution in [1.29, 1.82) is 0 Å². The van der Waals surface area contributed by atoms with Crippen LogP contribution < -0.4 is 10.6 Å². The number of hydrogen-bond acceptors (Lipinski definition) is 8. The van der Waals surface area contributed by atoms with Crippen LogP contribution in [0.3, 0.4) is 0 Å². The highest BCUT2D eigenvalue weighted by atomic mass is 19.4. The van der Waals surface area contributed by atoms with E-state index < -0.39 is 17.8 Å². The van der Waals surface area contributed by atoms with E-state index in [2.05, 4.69) is 25.5 Å². The van der Waals surface area contributed by atoms with Crippen molar-refractivity contribution in [2.24, 2.45) is 5.92 Å². The lowest BCUT2D eigenvalue weighted by molar-refractivity contribution is -0.141. The van der Waals surface area contributed by atoms with Gasteiger partial charge >= 0.3 is 12.1 Å². The summed E-state index contributed by atoms with van der Waals surface area (Å²) in [5.41, 5.74) is -0.987. The zero-order valence-electron chi connectivity index (χ0n) is 23.2. The highest BCUT2D eigenvalue weighted by Crippen LogP contribution is 2.28. The second-order valence-electron chi connectivity index (χ2n) is 9.67. The summed E-state index contributed by atoms with van der Waals surface area (Å²) in [5, 5.41) is 14.4. The number of carbonyl (C=O) groups excluding carboxylic acids is 1. The number of rotatable bonds is 6. The van der Waals surface area contributed by atoms with Crippen LogP contribution in [-0.4, -0.2) is 102 Å². The van der Waals surface area contributed by atoms with Gasteiger partial charge in [-0.15, -0.1) is 0 Å². The number of carboxylic acid groups (broad SMARTS) is 1. The average Bonchev–Trinajstić information content (AvgIpc) is 2.94. The summed E-state index contributed by atoms with van der Waals surface area (Å²) in [6.07, 6.45) is 3.24. The van der Waals surface area contributed by atoms with Crippen LogP contribution in [0.15, 0.2) is 12.4 Å². The maximum atomic E-state index is 12.4. The Kier molecular flexibility index (Phi) is 13.9. The van der Waals surface area contributed by atoms with Gasteiger partial charge in [0.15, 0.2) is 5.69 Å². The molecule has 4 rings (SSSR count). The molecule has 0 aromatic carbocycles. The third-order valence-corrected chi connectivity index (χ3v) is 7.02. The molecule has 13 heteroatoms. The first-order valence-corrected chi connectivity index (χ1v) is 13.8. The zero-order chi connectivity index (χ0) is 28.8. The predicted octanol–water partition coefficient (Wildman–Crippen LogP) is 3.11. The minimum absolute atomic E-state index is 0.00142. The van der Waals surface area contributed by atoms with Crippen molar-refractivity contribution in [3.8, 4) is 0 Å². The highest BCUT2D eigenvalue weighted by molar-refractivity contribution is 5.78. The Balaban J connectivity index is 0.000000260. The molecule has 1 atom stereocenters. The third-order valence-electron chi connectivity index (χ3n) is 7.02. The van der Waals surface area contributed by atoms with Gasteiger partial charge < -0.3 is 25.4 Å². The Bertz CT molecular complexity index is 869. The zero-order valence-corrected chi connectivity index (χ0v) is 23.2. The van der Waals surface area contributed by atoms with Gasteiger partial charge in [0.25, 0.3) is 0 Å². The van der Waals surface area contributed by atoms with Crippen LogP contribution in [0.5, 0.6) is 0 Å². The molecule has 1 aromatic heterocycles. The number of likely N-dealkylation sites (tertiary alicyclic amines) is 2. The fourth-order valence-electron chi connectivity index (χ4n) is 5.00. The molecule has 3 aliphatic heterocycles. The molecular weight excluding hydrogens is 517 g/mol. The van der Waals surface area contributed by atoms with E-state index in [1.54, 1.807) is 7.05 Å². The van der Waals surface area contributed by atoms with Crippen molar-refractivity contribution in [3.05, 3.63) is 18.1 Å². The Hall–Kier alpha value is -2.51. The molecule has 1 amide bonds. The Morgan fingerprint density at radius 2 is 1.74 bits per heavy atom. The maximum absolute atomic E-state index is 12.4. The molecule has 3 aliphatic rings. The van der Waals surface area contributed by atoms with Crippen molar-refractivity contribution >= 4 is 17.7 Å². The van der Waals surface area contributed by atoms with E-state index in [1.165, 1.54) is 6.20 Å². The van der Waals surface area contributed by atoms with Crippen molar-refractivity contribution in [2.75, 3.05) is 58.3 Å². The first-order valence-electron chi connectivity index (χ1n) is 13.8. The van der Waals surface area contributed by atoms with Crippen molar-refractivity contribution in [1.82, 2.24) is 25.1 Å².